The zero-order valence-electron chi connectivity index (χ0n) is 15.0. The Bertz CT molecular complexity index is 539. The maximum Gasteiger partial charge on any atom is 0.193 e. The predicted octanol–water partition coefficient (Wildman–Crippen LogP) is 1.70. The van der Waals surface area contributed by atoms with Crippen LogP contribution in [0.3, 0.4) is 0 Å². The van der Waals surface area contributed by atoms with Crippen LogP contribution in [-0.2, 0) is 6.54 Å². The first-order valence-corrected chi connectivity index (χ1v) is 8.04. The number of benzene rings is 1. The normalized spacial score (nSPS) is 19.7. The average Bonchev–Trinajstić information content (AvgIpc) is 2.51. The molecule has 1 aromatic rings. The van der Waals surface area contributed by atoms with Crippen LogP contribution in [0.2, 0.25) is 0 Å². The molecule has 1 aliphatic heterocycles. The van der Waals surface area contributed by atoms with E-state index < -0.39 is 0 Å². The summed E-state index contributed by atoms with van der Waals surface area (Å²) in [6.07, 6.45) is 0. The smallest absolute Gasteiger partial charge is 0.193 e. The molecule has 24 heavy (non-hydrogen) atoms. The average molecular weight is 449 g/mol. The van der Waals surface area contributed by atoms with Crippen LogP contribution in [0, 0.1) is 5.82 Å². The molecule has 0 amide bonds. The molecule has 1 aliphatic rings. The topological polar surface area (TPSA) is 34.1 Å². The maximum atomic E-state index is 13.3. The fourth-order valence-corrected chi connectivity index (χ4v) is 2.90. The molecule has 7 heteroatoms. The number of likely N-dealkylation sites (N-methyl/N-ethyl adjacent to an activating group) is 2. The summed E-state index contributed by atoms with van der Waals surface area (Å²) in [5.41, 5.74) is 0.935. The third-order valence-electron chi connectivity index (χ3n) is 4.36. The second-order valence-electron chi connectivity index (χ2n) is 6.31. The highest BCUT2D eigenvalue weighted by atomic mass is 127. The summed E-state index contributed by atoms with van der Waals surface area (Å²) in [6.45, 7) is 4.72. The number of halogens is 2. The van der Waals surface area contributed by atoms with E-state index in [0.29, 0.717) is 12.6 Å². The van der Waals surface area contributed by atoms with Gasteiger partial charge in [0.15, 0.2) is 5.96 Å². The van der Waals surface area contributed by atoms with Crippen LogP contribution in [0.15, 0.2) is 29.3 Å². The standard InChI is InChI=1S/C17H28FN5.HI/c1-19-17(20-11-16-13-21(2)8-9-22(16)3)23(4)12-14-6-5-7-15(18)10-14;/h5-7,10,16H,8-9,11-13H2,1-4H3,(H,19,20);1H. The first-order valence-electron chi connectivity index (χ1n) is 8.04. The van der Waals surface area contributed by atoms with E-state index in [1.807, 2.05) is 18.0 Å². The van der Waals surface area contributed by atoms with Gasteiger partial charge >= 0.3 is 0 Å². The lowest BCUT2D eigenvalue weighted by atomic mass is 10.2. The molecule has 136 valence electrons. The quantitative estimate of drug-likeness (QED) is 0.431. The molecule has 0 spiro atoms. The van der Waals surface area contributed by atoms with Crippen LogP contribution in [-0.4, -0.2) is 81.1 Å². The number of aliphatic imine (C=N–C) groups is 1. The highest BCUT2D eigenvalue weighted by Gasteiger charge is 2.22. The van der Waals surface area contributed by atoms with Crippen LogP contribution in [0.25, 0.3) is 0 Å². The Kier molecular flexibility index (Phi) is 8.93. The molecule has 0 aromatic heterocycles. The van der Waals surface area contributed by atoms with Crippen LogP contribution in [0.1, 0.15) is 5.56 Å². The minimum Gasteiger partial charge on any atom is -0.355 e. The first-order chi connectivity index (χ1) is 11.0. The van der Waals surface area contributed by atoms with E-state index in [-0.39, 0.29) is 29.8 Å². The second-order valence-corrected chi connectivity index (χ2v) is 6.31. The van der Waals surface area contributed by atoms with Crippen molar-refractivity contribution in [3.05, 3.63) is 35.6 Å². The minimum absolute atomic E-state index is 0. The molecule has 1 aromatic carbocycles. The Morgan fingerprint density at radius 1 is 1.38 bits per heavy atom. The van der Waals surface area contributed by atoms with Gasteiger partial charge in [-0.3, -0.25) is 9.89 Å². The summed E-state index contributed by atoms with van der Waals surface area (Å²) >= 11 is 0. The Labute approximate surface area is 161 Å². The van der Waals surface area contributed by atoms with Gasteiger partial charge in [-0.15, -0.1) is 24.0 Å². The molecule has 1 fully saturated rings. The Hall–Kier alpha value is -0.930. The molecular weight excluding hydrogens is 420 g/mol. The van der Waals surface area contributed by atoms with Crippen molar-refractivity contribution < 1.29 is 4.39 Å². The molecule has 1 unspecified atom stereocenters. The summed E-state index contributed by atoms with van der Waals surface area (Å²) in [5, 5.41) is 3.44. The predicted molar refractivity (Wildman–Crippen MR) is 109 cm³/mol. The summed E-state index contributed by atoms with van der Waals surface area (Å²) in [4.78, 5) is 11.1. The van der Waals surface area contributed by atoms with E-state index in [9.17, 15) is 4.39 Å². The number of nitrogens with zero attached hydrogens (tertiary/aromatic N) is 4. The van der Waals surface area contributed by atoms with Crippen molar-refractivity contribution in [3.63, 3.8) is 0 Å². The first kappa shape index (κ1) is 21.1. The second kappa shape index (κ2) is 10.1. The van der Waals surface area contributed by atoms with Gasteiger partial charge in [-0.1, -0.05) is 12.1 Å². The van der Waals surface area contributed by atoms with Crippen molar-refractivity contribution in [1.82, 2.24) is 20.0 Å². The Morgan fingerprint density at radius 2 is 2.12 bits per heavy atom. The number of piperazine rings is 1. The molecule has 5 nitrogen and oxygen atoms in total. The van der Waals surface area contributed by atoms with Gasteiger partial charge in [0.2, 0.25) is 0 Å². The van der Waals surface area contributed by atoms with Crippen LogP contribution >= 0.6 is 24.0 Å². The largest absolute Gasteiger partial charge is 0.355 e. The molecule has 0 bridgehead atoms. The fraction of sp³-hybridized carbons (Fsp3) is 0.588. The molecule has 0 radical (unpaired) electrons. The molecule has 1 N–H and O–H groups in total. The molecule has 0 aliphatic carbocycles. The van der Waals surface area contributed by atoms with Gasteiger partial charge in [0.25, 0.3) is 0 Å². The minimum atomic E-state index is -0.203. The lowest BCUT2D eigenvalue weighted by Gasteiger charge is -2.38. The van der Waals surface area contributed by atoms with Crippen LogP contribution in [0.4, 0.5) is 4.39 Å². The summed E-state index contributed by atoms with van der Waals surface area (Å²) in [6, 6.07) is 7.16. The van der Waals surface area contributed by atoms with Crippen molar-refractivity contribution in [3.8, 4) is 0 Å². The van der Waals surface area contributed by atoms with Gasteiger partial charge < -0.3 is 15.1 Å². The van der Waals surface area contributed by atoms with Gasteiger partial charge in [-0.05, 0) is 31.8 Å². The van der Waals surface area contributed by atoms with Crippen molar-refractivity contribution in [2.45, 2.75) is 12.6 Å². The fourth-order valence-electron chi connectivity index (χ4n) is 2.90. The van der Waals surface area contributed by atoms with E-state index in [1.54, 1.807) is 19.2 Å². The summed E-state index contributed by atoms with van der Waals surface area (Å²) < 4.78 is 13.3. The zero-order chi connectivity index (χ0) is 16.8. The molecular formula is C17H29FIN5. The van der Waals surface area contributed by atoms with E-state index in [2.05, 4.69) is 34.2 Å². The SMILES string of the molecule is CN=C(NCC1CN(C)CCN1C)N(C)Cc1cccc(F)c1.I. The van der Waals surface area contributed by atoms with Gasteiger partial charge in [0, 0.05) is 52.9 Å². The van der Waals surface area contributed by atoms with E-state index in [4.69, 9.17) is 0 Å². The lowest BCUT2D eigenvalue weighted by Crippen LogP contribution is -2.55. The van der Waals surface area contributed by atoms with Crippen LogP contribution in [0.5, 0.6) is 0 Å². The number of rotatable bonds is 4. The van der Waals surface area contributed by atoms with Gasteiger partial charge in [-0.25, -0.2) is 4.39 Å². The third-order valence-corrected chi connectivity index (χ3v) is 4.36. The molecule has 1 heterocycles. The number of hydrogen-bond donors (Lipinski definition) is 1. The third kappa shape index (κ3) is 6.18. The monoisotopic (exact) mass is 449 g/mol. The molecule has 0 saturated carbocycles. The van der Waals surface area contributed by atoms with Crippen molar-refractivity contribution in [1.29, 1.82) is 0 Å². The molecule has 1 saturated heterocycles. The summed E-state index contributed by atoms with van der Waals surface area (Å²) in [5.74, 6) is 0.626. The lowest BCUT2D eigenvalue weighted by molar-refractivity contribution is 0.116. The maximum absolute atomic E-state index is 13.3. The van der Waals surface area contributed by atoms with Gasteiger partial charge in [-0.2, -0.15) is 0 Å². The zero-order valence-corrected chi connectivity index (χ0v) is 17.3. The van der Waals surface area contributed by atoms with E-state index >= 15 is 0 Å². The Morgan fingerprint density at radius 3 is 2.79 bits per heavy atom. The van der Waals surface area contributed by atoms with Crippen molar-refractivity contribution >= 4 is 29.9 Å². The number of nitrogens with one attached hydrogen (secondary N) is 1. The molecule has 2 rings (SSSR count). The van der Waals surface area contributed by atoms with Crippen molar-refractivity contribution in [2.24, 2.45) is 4.99 Å². The van der Waals surface area contributed by atoms with Crippen LogP contribution < -0.4 is 5.32 Å². The van der Waals surface area contributed by atoms with E-state index in [0.717, 1.165) is 37.7 Å². The highest BCUT2D eigenvalue weighted by Crippen LogP contribution is 2.07. The van der Waals surface area contributed by atoms with Gasteiger partial charge in [0.1, 0.15) is 5.82 Å². The number of hydrogen-bond acceptors (Lipinski definition) is 3. The van der Waals surface area contributed by atoms with Crippen molar-refractivity contribution in [2.75, 3.05) is 54.4 Å². The molecule has 1 atom stereocenters. The number of guanidine groups is 1. The van der Waals surface area contributed by atoms with Gasteiger partial charge in [0.05, 0.1) is 0 Å². The van der Waals surface area contributed by atoms with E-state index in [1.165, 1.54) is 6.07 Å². The highest BCUT2D eigenvalue weighted by molar-refractivity contribution is 14.0. The summed E-state index contributed by atoms with van der Waals surface area (Å²) in [7, 11) is 8.07. The Balaban J connectivity index is 0.00000288.